The van der Waals surface area contributed by atoms with E-state index in [1.807, 2.05) is 29.7 Å². The number of furan rings is 1. The van der Waals surface area contributed by atoms with Gasteiger partial charge in [0.05, 0.1) is 18.4 Å². The average Bonchev–Trinajstić information content (AvgIpc) is 2.95. The maximum Gasteiger partial charge on any atom is 0.344 e. The van der Waals surface area contributed by atoms with Crippen molar-refractivity contribution < 1.29 is 26.4 Å². The molecule has 0 amide bonds. The fourth-order valence-electron chi connectivity index (χ4n) is 2.39. The molecule has 0 radical (unpaired) electrons. The molecule has 2 aromatic heterocycles. The first-order valence-electron chi connectivity index (χ1n) is 6.63. The molecule has 0 bridgehead atoms. The maximum absolute atomic E-state index is 11.1. The van der Waals surface area contributed by atoms with Gasteiger partial charge in [0.2, 0.25) is 5.58 Å². The summed E-state index contributed by atoms with van der Waals surface area (Å²) in [6, 6.07) is 5.63. The second-order valence-electron chi connectivity index (χ2n) is 5.17. The molecule has 2 heterocycles. The molecule has 0 spiro atoms. The van der Waals surface area contributed by atoms with Gasteiger partial charge in [0.25, 0.3) is 15.6 Å². The van der Waals surface area contributed by atoms with Gasteiger partial charge in [-0.2, -0.15) is 13.0 Å². The third-order valence-electron chi connectivity index (χ3n) is 3.73. The highest BCUT2D eigenvalue weighted by Crippen LogP contribution is 2.23. The van der Waals surface area contributed by atoms with Crippen LogP contribution in [0, 0.1) is 6.92 Å². The van der Waals surface area contributed by atoms with Gasteiger partial charge in [0.15, 0.2) is 6.54 Å². The molecule has 3 rings (SSSR count). The number of nitrogens with zero attached hydrogens (tertiary/aromatic N) is 1. The van der Waals surface area contributed by atoms with Crippen LogP contribution >= 0.6 is 0 Å². The van der Waals surface area contributed by atoms with E-state index in [9.17, 15) is 8.42 Å². The van der Waals surface area contributed by atoms with Crippen LogP contribution in [0.4, 0.5) is 0 Å². The molecule has 1 unspecified atom stereocenters. The number of aryl methyl sites for hydroxylation is 2. The van der Waals surface area contributed by atoms with E-state index < -0.39 is 15.4 Å². The van der Waals surface area contributed by atoms with E-state index in [1.165, 1.54) is 6.92 Å². The predicted molar refractivity (Wildman–Crippen MR) is 76.5 cm³/mol. The van der Waals surface area contributed by atoms with Gasteiger partial charge >= 0.3 is 5.89 Å². The number of aromatic nitrogens is 1. The van der Waals surface area contributed by atoms with Crippen molar-refractivity contribution >= 4 is 32.2 Å². The fourth-order valence-corrected chi connectivity index (χ4v) is 2.80. The number of benzene rings is 1. The minimum Gasteiger partial charge on any atom is -0.464 e. The zero-order chi connectivity index (χ0) is 15.2. The topological polar surface area (TPSA) is 84.5 Å². The van der Waals surface area contributed by atoms with Gasteiger partial charge in [-0.25, -0.2) is 0 Å². The third kappa shape index (κ3) is 2.54. The first kappa shape index (κ1) is 14.1. The number of fused-ring (bicyclic) bond motifs is 2. The molecule has 0 fully saturated rings. The fraction of sp³-hybridized carbons (Fsp3) is 0.357. The molecule has 3 aromatic rings. The molecule has 1 aromatic carbocycles. The van der Waals surface area contributed by atoms with Crippen molar-refractivity contribution in [3.05, 3.63) is 30.4 Å². The molecule has 1 N–H and O–H groups in total. The smallest absolute Gasteiger partial charge is 0.344 e. The van der Waals surface area contributed by atoms with Crippen LogP contribution in [0.5, 0.6) is 0 Å². The quantitative estimate of drug-likeness (QED) is 0.591. The molecule has 0 saturated carbocycles. The van der Waals surface area contributed by atoms with Crippen molar-refractivity contribution in [3.8, 4) is 0 Å². The van der Waals surface area contributed by atoms with Crippen molar-refractivity contribution in [2.45, 2.75) is 32.1 Å². The van der Waals surface area contributed by atoms with Crippen LogP contribution in [0.1, 0.15) is 19.2 Å². The molecule has 1 atom stereocenters. The highest BCUT2D eigenvalue weighted by Gasteiger charge is 2.24. The third-order valence-corrected chi connectivity index (χ3v) is 4.98. The predicted octanol–water partition coefficient (Wildman–Crippen LogP) is 2.44. The van der Waals surface area contributed by atoms with Gasteiger partial charge in [-0.05, 0) is 13.0 Å². The van der Waals surface area contributed by atoms with Crippen LogP contribution in [-0.4, -0.2) is 18.2 Å². The van der Waals surface area contributed by atoms with Crippen molar-refractivity contribution in [1.29, 1.82) is 0 Å². The van der Waals surface area contributed by atoms with E-state index in [2.05, 4.69) is 0 Å². The highest BCUT2D eigenvalue weighted by molar-refractivity contribution is 7.86. The Bertz CT molecular complexity index is 906. The van der Waals surface area contributed by atoms with Crippen molar-refractivity contribution in [2.75, 3.05) is 0 Å². The van der Waals surface area contributed by atoms with Crippen molar-refractivity contribution in [1.82, 2.24) is 0 Å². The molecule has 112 valence electrons. The SMILES string of the molecule is Cc1oc2cc3occc3cc2[n+]1CCC(C)S(=O)(=O)O. The lowest BCUT2D eigenvalue weighted by Gasteiger charge is -2.04. The van der Waals surface area contributed by atoms with E-state index in [1.54, 1.807) is 6.26 Å². The average molecular weight is 310 g/mol. The molecule has 7 heteroatoms. The monoisotopic (exact) mass is 310 g/mol. The summed E-state index contributed by atoms with van der Waals surface area (Å²) in [5.41, 5.74) is 2.31. The normalized spacial score (nSPS) is 14.0. The maximum atomic E-state index is 11.1. The Morgan fingerprint density at radius 1 is 1.33 bits per heavy atom. The van der Waals surface area contributed by atoms with E-state index in [4.69, 9.17) is 13.4 Å². The Balaban J connectivity index is 1.99. The number of hydrogen-bond acceptors (Lipinski definition) is 4. The van der Waals surface area contributed by atoms with E-state index in [0.29, 0.717) is 24.4 Å². The highest BCUT2D eigenvalue weighted by atomic mass is 32.2. The summed E-state index contributed by atoms with van der Waals surface area (Å²) in [6.45, 7) is 3.75. The van der Waals surface area contributed by atoms with Gasteiger partial charge in [0, 0.05) is 23.9 Å². The molecule has 0 saturated heterocycles. The molecular formula is C14H16NO5S+. The van der Waals surface area contributed by atoms with Crippen molar-refractivity contribution in [2.24, 2.45) is 0 Å². The summed E-state index contributed by atoms with van der Waals surface area (Å²) < 4.78 is 44.1. The Kier molecular flexibility index (Phi) is 3.26. The molecule has 21 heavy (non-hydrogen) atoms. The summed E-state index contributed by atoms with van der Waals surface area (Å²) >= 11 is 0. The Labute approximate surface area is 121 Å². The second kappa shape index (κ2) is 4.85. The van der Waals surface area contributed by atoms with Crippen LogP contribution in [0.15, 0.2) is 33.3 Å². The van der Waals surface area contributed by atoms with Gasteiger partial charge in [-0.1, -0.05) is 0 Å². The van der Waals surface area contributed by atoms with E-state index >= 15 is 0 Å². The minimum atomic E-state index is -4.01. The Morgan fingerprint density at radius 2 is 2.10 bits per heavy atom. The van der Waals surface area contributed by atoms with E-state index in [-0.39, 0.29) is 0 Å². The first-order chi connectivity index (χ1) is 9.86. The van der Waals surface area contributed by atoms with Crippen LogP contribution in [0.2, 0.25) is 0 Å². The molecule has 6 nitrogen and oxygen atoms in total. The number of rotatable bonds is 4. The summed E-state index contributed by atoms with van der Waals surface area (Å²) in [6.07, 6.45) is 1.92. The lowest BCUT2D eigenvalue weighted by molar-refractivity contribution is -0.682. The largest absolute Gasteiger partial charge is 0.464 e. The van der Waals surface area contributed by atoms with Gasteiger partial charge in [0.1, 0.15) is 5.58 Å². The van der Waals surface area contributed by atoms with Crippen LogP contribution in [0.3, 0.4) is 0 Å². The van der Waals surface area contributed by atoms with E-state index in [0.717, 1.165) is 16.5 Å². The Morgan fingerprint density at radius 3 is 2.81 bits per heavy atom. The number of hydrogen-bond donors (Lipinski definition) is 1. The van der Waals surface area contributed by atoms with Crippen LogP contribution in [0.25, 0.3) is 22.1 Å². The summed E-state index contributed by atoms with van der Waals surface area (Å²) in [5, 5.41) is 0.145. The minimum absolute atomic E-state index is 0.308. The van der Waals surface area contributed by atoms with Crippen LogP contribution < -0.4 is 4.57 Å². The molecule has 0 aliphatic rings. The van der Waals surface area contributed by atoms with Crippen molar-refractivity contribution in [3.63, 3.8) is 0 Å². The second-order valence-corrected chi connectivity index (χ2v) is 7.00. The zero-order valence-electron chi connectivity index (χ0n) is 11.7. The Hall–Kier alpha value is -1.86. The van der Waals surface area contributed by atoms with Crippen LogP contribution in [-0.2, 0) is 16.7 Å². The number of oxazole rings is 1. The lowest BCUT2D eigenvalue weighted by atomic mass is 10.2. The molecule has 0 aliphatic carbocycles. The standard InChI is InChI=1S/C14H15NO5S/c1-9(21(16,17)18)3-5-15-10(2)20-14-8-13-11(4-6-19-13)7-12(14)15/h4,6-9H,3,5H2,1-2H3/p+1. The molecular weight excluding hydrogens is 294 g/mol. The first-order valence-corrected chi connectivity index (χ1v) is 8.13. The van der Waals surface area contributed by atoms with Gasteiger partial charge in [-0.3, -0.25) is 4.55 Å². The summed E-state index contributed by atoms with van der Waals surface area (Å²) in [4.78, 5) is 0. The van der Waals surface area contributed by atoms with Gasteiger partial charge in [-0.15, -0.1) is 0 Å². The van der Waals surface area contributed by atoms with Gasteiger partial charge < -0.3 is 8.83 Å². The summed E-state index contributed by atoms with van der Waals surface area (Å²) in [5.74, 6) is 0.681. The summed E-state index contributed by atoms with van der Waals surface area (Å²) in [7, 11) is -4.01. The zero-order valence-corrected chi connectivity index (χ0v) is 12.6. The lowest BCUT2D eigenvalue weighted by Crippen LogP contribution is -2.37. The molecule has 0 aliphatic heterocycles.